The second-order valence-electron chi connectivity index (χ2n) is 8.08. The van der Waals surface area contributed by atoms with Crippen molar-refractivity contribution < 1.29 is 4.79 Å². The number of nitrogens with zero attached hydrogens (tertiary/aromatic N) is 6. The molecule has 2 aliphatic rings. The average molecular weight is 411 g/mol. The third kappa shape index (κ3) is 3.11. The van der Waals surface area contributed by atoms with E-state index < -0.39 is 0 Å². The molecule has 1 spiro atoms. The van der Waals surface area contributed by atoms with Crippen molar-refractivity contribution in [3.8, 4) is 11.3 Å². The lowest BCUT2D eigenvalue weighted by molar-refractivity contribution is -0.141. The number of carbonyl (C=O) groups is 1. The normalized spacial score (nSPS) is 18.9. The summed E-state index contributed by atoms with van der Waals surface area (Å²) in [5, 5.41) is 6.45. The number of aryl methyl sites for hydroxylation is 1. The first-order chi connectivity index (χ1) is 14.1. The van der Waals surface area contributed by atoms with Crippen molar-refractivity contribution in [2.45, 2.75) is 38.4 Å². The molecule has 0 saturated carbocycles. The molecule has 1 fully saturated rings. The molecule has 1 saturated heterocycles. The van der Waals surface area contributed by atoms with Gasteiger partial charge >= 0.3 is 0 Å². The number of imidazole rings is 1. The summed E-state index contributed by atoms with van der Waals surface area (Å²) < 4.78 is 4.13. The van der Waals surface area contributed by atoms with Crippen LogP contribution in [-0.4, -0.2) is 54.7 Å². The van der Waals surface area contributed by atoms with Gasteiger partial charge in [0.2, 0.25) is 5.91 Å². The van der Waals surface area contributed by atoms with Gasteiger partial charge < -0.3 is 9.47 Å². The SMILES string of the molecule is CC(=O)N1CCn2c(-c3cnn(C)c3)cnc2C12CCN(Cc1cccs1)CC2. The number of hydrogen-bond donors (Lipinski definition) is 0. The molecule has 29 heavy (non-hydrogen) atoms. The monoisotopic (exact) mass is 410 g/mol. The van der Waals surface area contributed by atoms with Gasteiger partial charge in [-0.15, -0.1) is 11.3 Å². The lowest BCUT2D eigenvalue weighted by Crippen LogP contribution is -2.59. The zero-order valence-electron chi connectivity index (χ0n) is 16.9. The molecule has 0 N–H and O–H groups in total. The van der Waals surface area contributed by atoms with Crippen molar-refractivity contribution >= 4 is 17.2 Å². The first-order valence-corrected chi connectivity index (χ1v) is 11.0. The fraction of sp³-hybridized carbons (Fsp3) is 0.476. The van der Waals surface area contributed by atoms with Crippen LogP contribution >= 0.6 is 11.3 Å². The van der Waals surface area contributed by atoms with Crippen LogP contribution in [0.15, 0.2) is 36.1 Å². The molecule has 7 nitrogen and oxygen atoms in total. The van der Waals surface area contributed by atoms with Gasteiger partial charge in [-0.25, -0.2) is 4.98 Å². The highest BCUT2D eigenvalue weighted by atomic mass is 32.1. The Morgan fingerprint density at radius 3 is 2.69 bits per heavy atom. The highest BCUT2D eigenvalue weighted by Crippen LogP contribution is 2.42. The molecule has 5 rings (SSSR count). The van der Waals surface area contributed by atoms with E-state index in [9.17, 15) is 4.79 Å². The molecule has 8 heteroatoms. The number of thiophene rings is 1. The maximum Gasteiger partial charge on any atom is 0.220 e. The smallest absolute Gasteiger partial charge is 0.220 e. The van der Waals surface area contributed by atoms with E-state index >= 15 is 0 Å². The van der Waals surface area contributed by atoms with Gasteiger partial charge in [0.05, 0.1) is 18.1 Å². The standard InChI is InChI=1S/C21H26N6OS/c1-16(28)27-10-9-26-19(17-12-23-24(2)14-17)13-22-20(26)21(27)5-7-25(8-6-21)15-18-4-3-11-29-18/h3-4,11-14H,5-10,15H2,1-2H3. The molecule has 0 atom stereocenters. The molecule has 0 aliphatic carbocycles. The Kier molecular flexibility index (Phi) is 4.55. The molecule has 0 radical (unpaired) electrons. The highest BCUT2D eigenvalue weighted by Gasteiger charge is 2.48. The van der Waals surface area contributed by atoms with Crippen molar-refractivity contribution in [2.75, 3.05) is 19.6 Å². The fourth-order valence-electron chi connectivity index (χ4n) is 4.95. The van der Waals surface area contributed by atoms with Crippen LogP contribution in [0, 0.1) is 0 Å². The van der Waals surface area contributed by atoms with Crippen LogP contribution < -0.4 is 0 Å². The van der Waals surface area contributed by atoms with E-state index in [1.165, 1.54) is 4.88 Å². The zero-order valence-corrected chi connectivity index (χ0v) is 17.7. The zero-order chi connectivity index (χ0) is 20.0. The second-order valence-corrected chi connectivity index (χ2v) is 9.11. The summed E-state index contributed by atoms with van der Waals surface area (Å²) in [6.07, 6.45) is 7.70. The van der Waals surface area contributed by atoms with Crippen LogP contribution in [0.3, 0.4) is 0 Å². The Morgan fingerprint density at radius 1 is 1.21 bits per heavy atom. The minimum Gasteiger partial charge on any atom is -0.328 e. The van der Waals surface area contributed by atoms with Crippen molar-refractivity contribution in [2.24, 2.45) is 7.05 Å². The summed E-state index contributed by atoms with van der Waals surface area (Å²) in [5.74, 6) is 1.18. The molecule has 152 valence electrons. The van der Waals surface area contributed by atoms with Crippen LogP contribution in [-0.2, 0) is 30.5 Å². The number of amides is 1. The van der Waals surface area contributed by atoms with Crippen molar-refractivity contribution in [3.05, 3.63) is 46.8 Å². The minimum absolute atomic E-state index is 0.147. The third-order valence-electron chi connectivity index (χ3n) is 6.36. The number of hydrogen-bond acceptors (Lipinski definition) is 5. The molecule has 0 unspecified atom stereocenters. The van der Waals surface area contributed by atoms with Gasteiger partial charge in [-0.2, -0.15) is 5.10 Å². The first-order valence-electron chi connectivity index (χ1n) is 10.1. The van der Waals surface area contributed by atoms with E-state index in [1.807, 2.05) is 41.7 Å². The number of aromatic nitrogens is 4. The average Bonchev–Trinajstić information content (AvgIpc) is 3.44. The van der Waals surface area contributed by atoms with Gasteiger partial charge in [0.15, 0.2) is 0 Å². The van der Waals surface area contributed by atoms with Crippen molar-refractivity contribution in [3.63, 3.8) is 0 Å². The van der Waals surface area contributed by atoms with Gasteiger partial charge in [-0.1, -0.05) is 6.07 Å². The molecular weight excluding hydrogens is 384 g/mol. The van der Waals surface area contributed by atoms with E-state index in [-0.39, 0.29) is 11.4 Å². The number of piperidine rings is 1. The minimum atomic E-state index is -0.309. The Bertz CT molecular complexity index is 1010. The van der Waals surface area contributed by atoms with Crippen molar-refractivity contribution in [1.29, 1.82) is 0 Å². The molecule has 2 aliphatic heterocycles. The summed E-state index contributed by atoms with van der Waals surface area (Å²) in [5.41, 5.74) is 1.86. The number of fused-ring (bicyclic) bond motifs is 2. The molecule has 1 amide bonds. The van der Waals surface area contributed by atoms with Crippen LogP contribution in [0.4, 0.5) is 0 Å². The molecule has 3 aromatic heterocycles. The Hall–Kier alpha value is -2.45. The predicted octanol–water partition coefficient (Wildman–Crippen LogP) is 2.70. The van der Waals surface area contributed by atoms with Gasteiger partial charge in [-0.05, 0) is 24.3 Å². The Labute approximate surface area is 174 Å². The van der Waals surface area contributed by atoms with E-state index in [2.05, 4.69) is 37.0 Å². The van der Waals surface area contributed by atoms with Gasteiger partial charge in [0, 0.05) is 63.3 Å². The maximum atomic E-state index is 12.6. The van der Waals surface area contributed by atoms with Crippen LogP contribution in [0.2, 0.25) is 0 Å². The van der Waals surface area contributed by atoms with Crippen LogP contribution in [0.1, 0.15) is 30.5 Å². The quantitative estimate of drug-likeness (QED) is 0.666. The summed E-state index contributed by atoms with van der Waals surface area (Å²) in [4.78, 5) is 23.4. The van der Waals surface area contributed by atoms with Gasteiger partial charge in [0.1, 0.15) is 11.4 Å². The third-order valence-corrected chi connectivity index (χ3v) is 7.22. The van der Waals surface area contributed by atoms with E-state index in [4.69, 9.17) is 4.98 Å². The largest absolute Gasteiger partial charge is 0.328 e. The van der Waals surface area contributed by atoms with E-state index in [0.29, 0.717) is 0 Å². The lowest BCUT2D eigenvalue weighted by atomic mass is 9.83. The van der Waals surface area contributed by atoms with Crippen LogP contribution in [0.25, 0.3) is 11.3 Å². The molecule has 3 aromatic rings. The van der Waals surface area contributed by atoms with Gasteiger partial charge in [0.25, 0.3) is 0 Å². The van der Waals surface area contributed by atoms with Crippen molar-refractivity contribution in [1.82, 2.24) is 29.1 Å². The number of rotatable bonds is 3. The topological polar surface area (TPSA) is 59.2 Å². The first kappa shape index (κ1) is 18.6. The Balaban J connectivity index is 1.46. The summed E-state index contributed by atoms with van der Waals surface area (Å²) in [6.45, 7) is 6.13. The predicted molar refractivity (Wildman–Crippen MR) is 112 cm³/mol. The molecule has 0 aromatic carbocycles. The highest BCUT2D eigenvalue weighted by molar-refractivity contribution is 7.09. The fourth-order valence-corrected chi connectivity index (χ4v) is 5.69. The second kappa shape index (κ2) is 7.11. The summed E-state index contributed by atoms with van der Waals surface area (Å²) >= 11 is 1.81. The van der Waals surface area contributed by atoms with E-state index in [0.717, 1.165) is 62.6 Å². The molecule has 0 bridgehead atoms. The van der Waals surface area contributed by atoms with Crippen LogP contribution in [0.5, 0.6) is 0 Å². The Morgan fingerprint density at radius 2 is 2.03 bits per heavy atom. The molecular formula is C21H26N6OS. The number of carbonyl (C=O) groups excluding carboxylic acids is 1. The maximum absolute atomic E-state index is 12.6. The van der Waals surface area contributed by atoms with Gasteiger partial charge in [-0.3, -0.25) is 14.4 Å². The number of likely N-dealkylation sites (tertiary alicyclic amines) is 1. The van der Waals surface area contributed by atoms with E-state index in [1.54, 1.807) is 6.92 Å². The summed E-state index contributed by atoms with van der Waals surface area (Å²) in [6, 6.07) is 4.31. The molecule has 5 heterocycles. The lowest BCUT2D eigenvalue weighted by Gasteiger charge is -2.50. The summed E-state index contributed by atoms with van der Waals surface area (Å²) in [7, 11) is 1.93.